The Morgan fingerprint density at radius 3 is 2.50 bits per heavy atom. The quantitative estimate of drug-likeness (QED) is 0.602. The van der Waals surface area contributed by atoms with Crippen LogP contribution in [-0.2, 0) is 5.33 Å². The highest BCUT2D eigenvalue weighted by atomic mass is 79.9. The predicted octanol–water partition coefficient (Wildman–Crippen LogP) is 4.05. The molecule has 0 fully saturated rings. The van der Waals surface area contributed by atoms with E-state index in [0.29, 0.717) is 10.9 Å². The van der Waals surface area contributed by atoms with Crippen molar-refractivity contribution in [3.05, 3.63) is 29.6 Å². The zero-order chi connectivity index (χ0) is 12.2. The van der Waals surface area contributed by atoms with Crippen molar-refractivity contribution in [3.63, 3.8) is 0 Å². The zero-order valence-corrected chi connectivity index (χ0v) is 9.74. The molecular weight excluding hydrogens is 292 g/mol. The maximum atomic E-state index is 12.8. The Morgan fingerprint density at radius 2 is 1.94 bits per heavy atom. The van der Waals surface area contributed by atoms with E-state index in [1.54, 1.807) is 0 Å². The number of hydrogen-bond donors (Lipinski definition) is 0. The Morgan fingerprint density at radius 1 is 1.25 bits per heavy atom. The van der Waals surface area contributed by atoms with E-state index in [1.165, 1.54) is 12.1 Å². The fraction of sp³-hybridized carbons (Fsp3) is 0.400. The third-order valence-electron chi connectivity index (χ3n) is 1.81. The van der Waals surface area contributed by atoms with E-state index in [1.807, 2.05) is 0 Å². The van der Waals surface area contributed by atoms with Crippen molar-refractivity contribution < 1.29 is 22.3 Å². The van der Waals surface area contributed by atoms with Crippen LogP contribution in [0.4, 0.5) is 17.6 Å². The first-order valence-corrected chi connectivity index (χ1v) is 5.58. The SMILES string of the molecule is Fc1ccc(OCCC(F)(F)F)c(CBr)c1. The molecule has 0 spiro atoms. The van der Waals surface area contributed by atoms with Gasteiger partial charge in [0.1, 0.15) is 11.6 Å². The lowest BCUT2D eigenvalue weighted by Crippen LogP contribution is -2.13. The Bertz CT molecular complexity index is 351. The molecule has 0 heterocycles. The molecule has 1 nitrogen and oxygen atoms in total. The Kier molecular flexibility index (Phi) is 4.58. The minimum atomic E-state index is -4.24. The van der Waals surface area contributed by atoms with Crippen molar-refractivity contribution in [1.82, 2.24) is 0 Å². The molecule has 0 amide bonds. The molecule has 16 heavy (non-hydrogen) atoms. The number of halogens is 5. The molecule has 1 aromatic carbocycles. The summed E-state index contributed by atoms with van der Waals surface area (Å²) in [6.07, 6.45) is -5.26. The lowest BCUT2D eigenvalue weighted by atomic mass is 10.2. The van der Waals surface area contributed by atoms with Gasteiger partial charge in [-0.2, -0.15) is 13.2 Å². The molecule has 0 bridgehead atoms. The van der Waals surface area contributed by atoms with Gasteiger partial charge in [-0.25, -0.2) is 4.39 Å². The first kappa shape index (κ1) is 13.3. The first-order chi connectivity index (χ1) is 7.42. The molecule has 0 saturated heterocycles. The molecule has 90 valence electrons. The summed E-state index contributed by atoms with van der Waals surface area (Å²) in [4.78, 5) is 0. The van der Waals surface area contributed by atoms with Crippen LogP contribution in [0.5, 0.6) is 5.75 Å². The standard InChI is InChI=1S/C10H9BrF4O/c11-6-7-5-8(12)1-2-9(7)16-4-3-10(13,14)15/h1-2,5H,3-4,6H2. The van der Waals surface area contributed by atoms with Crippen molar-refractivity contribution in [2.75, 3.05) is 6.61 Å². The van der Waals surface area contributed by atoms with E-state index in [4.69, 9.17) is 4.74 Å². The van der Waals surface area contributed by atoms with E-state index in [-0.39, 0.29) is 5.75 Å². The van der Waals surface area contributed by atoms with Gasteiger partial charge in [-0.1, -0.05) is 15.9 Å². The van der Waals surface area contributed by atoms with E-state index in [9.17, 15) is 17.6 Å². The average molecular weight is 301 g/mol. The van der Waals surface area contributed by atoms with Gasteiger partial charge in [0.05, 0.1) is 13.0 Å². The topological polar surface area (TPSA) is 9.23 Å². The molecule has 0 aliphatic carbocycles. The van der Waals surface area contributed by atoms with Crippen LogP contribution in [0.2, 0.25) is 0 Å². The molecule has 0 aromatic heterocycles. The summed E-state index contributed by atoms with van der Waals surface area (Å²) >= 11 is 3.11. The molecule has 6 heteroatoms. The average Bonchev–Trinajstić information content (AvgIpc) is 2.18. The van der Waals surface area contributed by atoms with Gasteiger partial charge in [0.25, 0.3) is 0 Å². The number of rotatable bonds is 4. The number of alkyl halides is 4. The highest BCUT2D eigenvalue weighted by Crippen LogP contribution is 2.24. The predicted molar refractivity (Wildman–Crippen MR) is 55.2 cm³/mol. The van der Waals surface area contributed by atoms with Crippen LogP contribution in [0.3, 0.4) is 0 Å². The van der Waals surface area contributed by atoms with E-state index < -0.39 is 25.0 Å². The van der Waals surface area contributed by atoms with Crippen LogP contribution in [-0.4, -0.2) is 12.8 Å². The molecule has 0 N–H and O–H groups in total. The first-order valence-electron chi connectivity index (χ1n) is 4.46. The van der Waals surface area contributed by atoms with E-state index >= 15 is 0 Å². The van der Waals surface area contributed by atoms with Crippen LogP contribution >= 0.6 is 15.9 Å². The van der Waals surface area contributed by atoms with Gasteiger partial charge in [0, 0.05) is 10.9 Å². The zero-order valence-electron chi connectivity index (χ0n) is 8.15. The fourth-order valence-corrected chi connectivity index (χ4v) is 1.51. The number of hydrogen-bond acceptors (Lipinski definition) is 1. The van der Waals surface area contributed by atoms with Gasteiger partial charge in [0.15, 0.2) is 0 Å². The van der Waals surface area contributed by atoms with Crippen molar-refractivity contribution in [2.24, 2.45) is 0 Å². The highest BCUT2D eigenvalue weighted by molar-refractivity contribution is 9.08. The highest BCUT2D eigenvalue weighted by Gasteiger charge is 2.26. The molecule has 1 aromatic rings. The van der Waals surface area contributed by atoms with Gasteiger partial charge in [-0.3, -0.25) is 0 Å². The Balaban J connectivity index is 2.60. The van der Waals surface area contributed by atoms with E-state index in [0.717, 1.165) is 6.07 Å². The van der Waals surface area contributed by atoms with Crippen LogP contribution in [0.15, 0.2) is 18.2 Å². The number of ether oxygens (including phenoxy) is 1. The van der Waals surface area contributed by atoms with Gasteiger partial charge >= 0.3 is 6.18 Å². The molecule has 1 rings (SSSR count). The second kappa shape index (κ2) is 5.52. The summed E-state index contributed by atoms with van der Waals surface area (Å²) in [6.45, 7) is -0.463. The van der Waals surface area contributed by atoms with Crippen LogP contribution < -0.4 is 4.74 Å². The van der Waals surface area contributed by atoms with Crippen LogP contribution in [0, 0.1) is 5.82 Å². The fourth-order valence-electron chi connectivity index (χ4n) is 1.07. The second-order valence-corrected chi connectivity index (χ2v) is 3.66. The van der Waals surface area contributed by atoms with Crippen LogP contribution in [0.1, 0.15) is 12.0 Å². The summed E-state index contributed by atoms with van der Waals surface area (Å²) in [7, 11) is 0. The van der Waals surface area contributed by atoms with Gasteiger partial charge in [-0.15, -0.1) is 0 Å². The van der Waals surface area contributed by atoms with Crippen molar-refractivity contribution >= 4 is 15.9 Å². The summed E-state index contributed by atoms with van der Waals surface area (Å²) < 4.78 is 53.3. The summed E-state index contributed by atoms with van der Waals surface area (Å²) in [5, 5.41) is 0.326. The third kappa shape index (κ3) is 4.38. The maximum Gasteiger partial charge on any atom is 0.392 e. The minimum absolute atomic E-state index is 0.266. The summed E-state index contributed by atoms with van der Waals surface area (Å²) in [5.74, 6) is -0.180. The van der Waals surface area contributed by atoms with Gasteiger partial charge < -0.3 is 4.74 Å². The smallest absolute Gasteiger partial charge is 0.392 e. The van der Waals surface area contributed by atoms with Crippen LogP contribution in [0.25, 0.3) is 0 Å². The minimum Gasteiger partial charge on any atom is -0.493 e. The largest absolute Gasteiger partial charge is 0.493 e. The van der Waals surface area contributed by atoms with Crippen molar-refractivity contribution in [2.45, 2.75) is 17.9 Å². The van der Waals surface area contributed by atoms with Gasteiger partial charge in [0.2, 0.25) is 0 Å². The molecular formula is C10H9BrF4O. The Hall–Kier alpha value is -0.780. The molecule has 0 unspecified atom stereocenters. The number of benzene rings is 1. The lowest BCUT2D eigenvalue weighted by molar-refractivity contribution is -0.139. The van der Waals surface area contributed by atoms with Gasteiger partial charge in [-0.05, 0) is 18.2 Å². The molecule has 0 atom stereocenters. The van der Waals surface area contributed by atoms with Crippen molar-refractivity contribution in [1.29, 1.82) is 0 Å². The Labute approximate surface area is 98.5 Å². The summed E-state index contributed by atoms with van der Waals surface area (Å²) in [5.41, 5.74) is 0.488. The van der Waals surface area contributed by atoms with Crippen molar-refractivity contribution in [3.8, 4) is 5.75 Å². The molecule has 0 aliphatic heterocycles. The molecule has 0 saturated carbocycles. The van der Waals surface area contributed by atoms with E-state index in [2.05, 4.69) is 15.9 Å². The lowest BCUT2D eigenvalue weighted by Gasteiger charge is -2.11. The second-order valence-electron chi connectivity index (χ2n) is 3.10. The monoisotopic (exact) mass is 300 g/mol. The molecule has 0 radical (unpaired) electrons. The third-order valence-corrected chi connectivity index (χ3v) is 2.41. The summed E-state index contributed by atoms with van der Waals surface area (Å²) in [6, 6.07) is 3.69. The maximum absolute atomic E-state index is 12.8. The normalized spacial score (nSPS) is 11.6. The molecule has 0 aliphatic rings.